The topological polar surface area (TPSA) is 18.5 Å². The van der Waals surface area contributed by atoms with E-state index in [0.717, 1.165) is 13.0 Å². The van der Waals surface area contributed by atoms with Crippen molar-refractivity contribution in [3.8, 4) is 17.6 Å². The fourth-order valence-electron chi connectivity index (χ4n) is 1.53. The number of alkyl halides is 1. The molecular formula is C17H22ClFO2. The molecule has 0 spiro atoms. The van der Waals surface area contributed by atoms with Crippen molar-refractivity contribution >= 4 is 11.6 Å². The van der Waals surface area contributed by atoms with E-state index in [0.29, 0.717) is 42.7 Å². The van der Waals surface area contributed by atoms with Crippen LogP contribution in [0.15, 0.2) is 18.2 Å². The van der Waals surface area contributed by atoms with Crippen LogP contribution in [0.5, 0.6) is 5.75 Å². The lowest BCUT2D eigenvalue weighted by Gasteiger charge is -2.08. The zero-order chi connectivity index (χ0) is 15.5. The summed E-state index contributed by atoms with van der Waals surface area (Å²) in [5.41, 5.74) is 0.362. The summed E-state index contributed by atoms with van der Waals surface area (Å²) in [6.07, 6.45) is 1.58. The molecule has 0 bridgehead atoms. The van der Waals surface area contributed by atoms with Gasteiger partial charge in [0.25, 0.3) is 0 Å². The number of ether oxygens (including phenoxy) is 2. The van der Waals surface area contributed by atoms with Crippen LogP contribution in [0.2, 0.25) is 0 Å². The third-order valence-electron chi connectivity index (χ3n) is 2.72. The third-order valence-corrected chi connectivity index (χ3v) is 2.91. The van der Waals surface area contributed by atoms with Crippen molar-refractivity contribution < 1.29 is 13.9 Å². The van der Waals surface area contributed by atoms with Gasteiger partial charge in [0.2, 0.25) is 0 Å². The van der Waals surface area contributed by atoms with Gasteiger partial charge in [-0.3, -0.25) is 0 Å². The fraction of sp³-hybridized carbons (Fsp3) is 0.529. The lowest BCUT2D eigenvalue weighted by atomic mass is 10.1. The van der Waals surface area contributed by atoms with Gasteiger partial charge in [0.05, 0.1) is 12.2 Å². The molecule has 0 aromatic heterocycles. The Morgan fingerprint density at radius 3 is 2.71 bits per heavy atom. The Bertz CT molecular complexity index is 477. The molecule has 0 aliphatic carbocycles. The smallest absolute Gasteiger partial charge is 0.142 e. The van der Waals surface area contributed by atoms with Gasteiger partial charge in [-0.15, -0.1) is 11.6 Å². The number of rotatable bonds is 8. The molecule has 116 valence electrons. The Hall–Kier alpha value is -1.24. The van der Waals surface area contributed by atoms with Crippen LogP contribution >= 0.6 is 11.6 Å². The van der Waals surface area contributed by atoms with Crippen molar-refractivity contribution in [3.63, 3.8) is 0 Å². The second-order valence-corrected chi connectivity index (χ2v) is 5.40. The number of hydrogen-bond donors (Lipinski definition) is 0. The predicted octanol–water partition coefficient (Wildman–Crippen LogP) is 4.25. The minimum atomic E-state index is -0.379. The minimum Gasteiger partial charge on any atom is -0.491 e. The van der Waals surface area contributed by atoms with Crippen LogP contribution in [0, 0.1) is 23.6 Å². The normalized spacial score (nSPS) is 10.3. The molecule has 1 aromatic carbocycles. The van der Waals surface area contributed by atoms with Crippen LogP contribution < -0.4 is 4.74 Å². The summed E-state index contributed by atoms with van der Waals surface area (Å²) in [6, 6.07) is 4.67. The maximum atomic E-state index is 13.7. The monoisotopic (exact) mass is 312 g/mol. The molecule has 0 saturated carbocycles. The van der Waals surface area contributed by atoms with Crippen LogP contribution in [-0.4, -0.2) is 25.7 Å². The summed E-state index contributed by atoms with van der Waals surface area (Å²) in [6.45, 7) is 5.95. The molecule has 0 fully saturated rings. The molecule has 4 heteroatoms. The maximum absolute atomic E-state index is 13.7. The molecule has 0 aliphatic heterocycles. The van der Waals surface area contributed by atoms with Gasteiger partial charge in [-0.1, -0.05) is 25.7 Å². The Kier molecular flexibility index (Phi) is 8.89. The first kappa shape index (κ1) is 17.8. The van der Waals surface area contributed by atoms with Gasteiger partial charge < -0.3 is 9.47 Å². The molecule has 1 rings (SSSR count). The summed E-state index contributed by atoms with van der Waals surface area (Å²) in [5.74, 6) is 6.74. The van der Waals surface area contributed by atoms with Crippen LogP contribution in [0.25, 0.3) is 0 Å². The molecule has 0 aliphatic rings. The van der Waals surface area contributed by atoms with E-state index in [-0.39, 0.29) is 5.82 Å². The molecule has 2 nitrogen and oxygen atoms in total. The van der Waals surface area contributed by atoms with Crippen LogP contribution in [0.1, 0.15) is 32.3 Å². The number of halogens is 2. The van der Waals surface area contributed by atoms with Gasteiger partial charge >= 0.3 is 0 Å². The van der Waals surface area contributed by atoms with Gasteiger partial charge in [-0.2, -0.15) is 0 Å². The molecule has 0 amide bonds. The van der Waals surface area contributed by atoms with Crippen molar-refractivity contribution in [3.05, 3.63) is 29.6 Å². The molecule has 0 radical (unpaired) electrons. The van der Waals surface area contributed by atoms with Crippen molar-refractivity contribution in [1.29, 1.82) is 0 Å². The van der Waals surface area contributed by atoms with E-state index in [1.807, 2.05) is 0 Å². The highest BCUT2D eigenvalue weighted by atomic mass is 35.5. The highest BCUT2D eigenvalue weighted by molar-refractivity contribution is 6.18. The zero-order valence-corrected chi connectivity index (χ0v) is 13.4. The van der Waals surface area contributed by atoms with E-state index in [4.69, 9.17) is 21.1 Å². The average molecular weight is 313 g/mol. The zero-order valence-electron chi connectivity index (χ0n) is 12.6. The summed E-state index contributed by atoms with van der Waals surface area (Å²) in [7, 11) is 0. The molecular weight excluding hydrogens is 291 g/mol. The Morgan fingerprint density at radius 2 is 2.05 bits per heavy atom. The van der Waals surface area contributed by atoms with Crippen LogP contribution in [0.3, 0.4) is 0 Å². The van der Waals surface area contributed by atoms with Gasteiger partial charge in [-0.05, 0) is 24.5 Å². The fourth-order valence-corrected chi connectivity index (χ4v) is 1.63. The Balaban J connectivity index is 2.34. The first-order chi connectivity index (χ1) is 10.1. The highest BCUT2D eigenvalue weighted by Crippen LogP contribution is 2.16. The largest absolute Gasteiger partial charge is 0.491 e. The summed E-state index contributed by atoms with van der Waals surface area (Å²) in [4.78, 5) is 0. The van der Waals surface area contributed by atoms with Gasteiger partial charge in [-0.25, -0.2) is 4.39 Å². The highest BCUT2D eigenvalue weighted by Gasteiger charge is 2.02. The van der Waals surface area contributed by atoms with Gasteiger partial charge in [0.15, 0.2) is 0 Å². The van der Waals surface area contributed by atoms with Crippen molar-refractivity contribution in [2.75, 3.05) is 25.7 Å². The van der Waals surface area contributed by atoms with Crippen molar-refractivity contribution in [1.82, 2.24) is 0 Å². The Labute approximate surface area is 131 Å². The van der Waals surface area contributed by atoms with E-state index in [2.05, 4.69) is 25.7 Å². The van der Waals surface area contributed by atoms with Crippen molar-refractivity contribution in [2.24, 2.45) is 5.92 Å². The average Bonchev–Trinajstić information content (AvgIpc) is 2.45. The standard InChI is InChI=1S/C17H22ClFO2/c1-14(2)8-10-20-11-12-21-16-7-6-15(17(19)13-16)5-3-4-9-18/h6-7,13-14H,4,8-12H2,1-2H3. The predicted molar refractivity (Wildman–Crippen MR) is 84.4 cm³/mol. The quantitative estimate of drug-likeness (QED) is 0.406. The first-order valence-corrected chi connectivity index (χ1v) is 7.72. The molecule has 21 heavy (non-hydrogen) atoms. The van der Waals surface area contributed by atoms with E-state index >= 15 is 0 Å². The minimum absolute atomic E-state index is 0.362. The number of hydrogen-bond acceptors (Lipinski definition) is 2. The second kappa shape index (κ2) is 10.5. The molecule has 0 N–H and O–H groups in total. The van der Waals surface area contributed by atoms with Crippen molar-refractivity contribution in [2.45, 2.75) is 26.7 Å². The third kappa shape index (κ3) is 7.94. The summed E-state index contributed by atoms with van der Waals surface area (Å²) < 4.78 is 24.6. The molecule has 0 unspecified atom stereocenters. The lowest BCUT2D eigenvalue weighted by molar-refractivity contribution is 0.0925. The van der Waals surface area contributed by atoms with Gasteiger partial charge in [0.1, 0.15) is 18.2 Å². The molecule has 0 saturated heterocycles. The molecule has 0 atom stereocenters. The summed E-state index contributed by atoms with van der Waals surface area (Å²) >= 11 is 5.52. The van der Waals surface area contributed by atoms with Crippen LogP contribution in [-0.2, 0) is 4.74 Å². The van der Waals surface area contributed by atoms with E-state index < -0.39 is 0 Å². The first-order valence-electron chi connectivity index (χ1n) is 7.18. The number of benzene rings is 1. The van der Waals surface area contributed by atoms with E-state index in [1.54, 1.807) is 12.1 Å². The van der Waals surface area contributed by atoms with Crippen LogP contribution in [0.4, 0.5) is 4.39 Å². The van der Waals surface area contributed by atoms with E-state index in [9.17, 15) is 4.39 Å². The lowest BCUT2D eigenvalue weighted by Crippen LogP contribution is -2.08. The summed E-state index contributed by atoms with van der Waals surface area (Å²) in [5, 5.41) is 0. The SMILES string of the molecule is CC(C)CCOCCOc1ccc(C#CCCCl)c(F)c1. The molecule has 1 aromatic rings. The van der Waals surface area contributed by atoms with Gasteiger partial charge in [0, 0.05) is 25.0 Å². The second-order valence-electron chi connectivity index (χ2n) is 5.03. The van der Waals surface area contributed by atoms with E-state index in [1.165, 1.54) is 6.07 Å². The molecule has 0 heterocycles. The maximum Gasteiger partial charge on any atom is 0.142 e. The Morgan fingerprint density at radius 1 is 1.24 bits per heavy atom.